The van der Waals surface area contributed by atoms with Gasteiger partial charge in [-0.15, -0.1) is 0 Å². The Hall–Kier alpha value is -0.570. The van der Waals surface area contributed by atoms with E-state index in [-0.39, 0.29) is 11.3 Å². The highest BCUT2D eigenvalue weighted by Crippen LogP contribution is 2.40. The summed E-state index contributed by atoms with van der Waals surface area (Å²) < 4.78 is 0. The molecule has 3 heteroatoms. The van der Waals surface area contributed by atoms with Crippen LogP contribution in [-0.2, 0) is 4.79 Å². The Morgan fingerprint density at radius 2 is 1.94 bits per heavy atom. The third-order valence-electron chi connectivity index (χ3n) is 4.73. The molecule has 3 nitrogen and oxygen atoms in total. The normalized spacial score (nSPS) is 23.4. The van der Waals surface area contributed by atoms with Gasteiger partial charge in [0.2, 0.25) is 5.91 Å². The van der Waals surface area contributed by atoms with Crippen LogP contribution in [-0.4, -0.2) is 19.0 Å². The number of carbonyl (C=O) groups excluding carboxylic acids is 1. The Morgan fingerprint density at radius 3 is 2.47 bits per heavy atom. The van der Waals surface area contributed by atoms with Gasteiger partial charge in [-0.1, -0.05) is 32.1 Å². The Morgan fingerprint density at radius 1 is 1.24 bits per heavy atom. The van der Waals surface area contributed by atoms with Gasteiger partial charge < -0.3 is 11.1 Å². The molecule has 2 fully saturated rings. The van der Waals surface area contributed by atoms with Gasteiger partial charge in [0.05, 0.1) is 5.41 Å². The summed E-state index contributed by atoms with van der Waals surface area (Å²) in [6.07, 6.45) is 11.2. The molecule has 0 aromatic carbocycles. The molecule has 98 valence electrons. The number of carbonyl (C=O) groups is 1. The molecule has 0 aromatic heterocycles. The largest absolute Gasteiger partial charge is 0.356 e. The van der Waals surface area contributed by atoms with Crippen molar-refractivity contribution in [1.29, 1.82) is 0 Å². The van der Waals surface area contributed by atoms with Crippen LogP contribution >= 0.6 is 0 Å². The minimum absolute atomic E-state index is 0.201. The van der Waals surface area contributed by atoms with Crippen molar-refractivity contribution in [3.8, 4) is 0 Å². The number of hydrogen-bond acceptors (Lipinski definition) is 2. The Balaban J connectivity index is 1.59. The highest BCUT2D eigenvalue weighted by molar-refractivity contribution is 5.83. The summed E-state index contributed by atoms with van der Waals surface area (Å²) in [5, 5.41) is 3.08. The van der Waals surface area contributed by atoms with Gasteiger partial charge in [0, 0.05) is 13.1 Å². The Labute approximate surface area is 105 Å². The van der Waals surface area contributed by atoms with Crippen LogP contribution in [0.4, 0.5) is 0 Å². The molecular formula is C14H26N2O. The zero-order valence-corrected chi connectivity index (χ0v) is 10.8. The van der Waals surface area contributed by atoms with Crippen LogP contribution in [0.2, 0.25) is 0 Å². The fourth-order valence-electron chi connectivity index (χ4n) is 3.21. The molecule has 0 aromatic rings. The average Bonchev–Trinajstić information content (AvgIpc) is 2.76. The van der Waals surface area contributed by atoms with E-state index in [1.54, 1.807) is 0 Å². The second kappa shape index (κ2) is 5.85. The molecule has 1 amide bonds. The molecule has 0 saturated heterocycles. The summed E-state index contributed by atoms with van der Waals surface area (Å²) in [7, 11) is 0. The molecule has 0 aliphatic heterocycles. The topological polar surface area (TPSA) is 55.1 Å². The van der Waals surface area contributed by atoms with E-state index in [0.29, 0.717) is 6.54 Å². The van der Waals surface area contributed by atoms with E-state index < -0.39 is 0 Å². The quantitative estimate of drug-likeness (QED) is 0.697. The smallest absolute Gasteiger partial charge is 0.227 e. The summed E-state index contributed by atoms with van der Waals surface area (Å²) in [4.78, 5) is 12.0. The minimum Gasteiger partial charge on any atom is -0.356 e. The first-order valence-electron chi connectivity index (χ1n) is 7.25. The lowest BCUT2D eigenvalue weighted by Gasteiger charge is -2.39. The first-order chi connectivity index (χ1) is 8.27. The third-order valence-corrected chi connectivity index (χ3v) is 4.73. The first-order valence-corrected chi connectivity index (χ1v) is 7.25. The van der Waals surface area contributed by atoms with E-state index in [0.717, 1.165) is 38.1 Å². The van der Waals surface area contributed by atoms with Crippen molar-refractivity contribution in [3.05, 3.63) is 0 Å². The van der Waals surface area contributed by atoms with Crippen molar-refractivity contribution >= 4 is 5.91 Å². The second-order valence-electron chi connectivity index (χ2n) is 5.89. The molecule has 2 aliphatic carbocycles. The summed E-state index contributed by atoms with van der Waals surface area (Å²) in [5.41, 5.74) is 5.51. The number of nitrogens with two attached hydrogens (primary N) is 1. The number of nitrogens with one attached hydrogen (secondary N) is 1. The molecule has 0 radical (unpaired) electrons. The van der Waals surface area contributed by atoms with Gasteiger partial charge in [0.15, 0.2) is 0 Å². The average molecular weight is 238 g/mol. The van der Waals surface area contributed by atoms with Gasteiger partial charge in [-0.25, -0.2) is 0 Å². The summed E-state index contributed by atoms with van der Waals surface area (Å²) >= 11 is 0. The van der Waals surface area contributed by atoms with Crippen LogP contribution in [0.3, 0.4) is 0 Å². The number of rotatable bonds is 6. The summed E-state index contributed by atoms with van der Waals surface area (Å²) in [6.45, 7) is 1.36. The van der Waals surface area contributed by atoms with Crippen molar-refractivity contribution in [3.63, 3.8) is 0 Å². The molecule has 2 rings (SSSR count). The van der Waals surface area contributed by atoms with E-state index in [1.165, 1.54) is 32.1 Å². The van der Waals surface area contributed by atoms with E-state index in [1.807, 2.05) is 0 Å². The van der Waals surface area contributed by atoms with Crippen LogP contribution in [0.15, 0.2) is 0 Å². The van der Waals surface area contributed by atoms with Crippen LogP contribution in [0.25, 0.3) is 0 Å². The molecule has 0 bridgehead atoms. The van der Waals surface area contributed by atoms with E-state index in [2.05, 4.69) is 5.32 Å². The van der Waals surface area contributed by atoms with Crippen LogP contribution in [0.5, 0.6) is 0 Å². The van der Waals surface area contributed by atoms with Gasteiger partial charge >= 0.3 is 0 Å². The lowest BCUT2D eigenvalue weighted by molar-refractivity contribution is -0.135. The maximum absolute atomic E-state index is 12.0. The van der Waals surface area contributed by atoms with Crippen molar-refractivity contribution < 1.29 is 4.79 Å². The standard InChI is InChI=1S/C14H26N2O/c15-11-14(8-4-9-14)13(17)16-10-3-7-12-5-1-2-6-12/h12H,1-11,15H2,(H,16,17). The zero-order valence-electron chi connectivity index (χ0n) is 10.8. The highest BCUT2D eigenvalue weighted by Gasteiger charge is 2.42. The molecule has 0 unspecified atom stereocenters. The maximum atomic E-state index is 12.0. The maximum Gasteiger partial charge on any atom is 0.227 e. The molecule has 2 saturated carbocycles. The monoisotopic (exact) mass is 238 g/mol. The number of amides is 1. The van der Waals surface area contributed by atoms with Gasteiger partial charge in [0.1, 0.15) is 0 Å². The fourth-order valence-corrected chi connectivity index (χ4v) is 3.21. The molecular weight excluding hydrogens is 212 g/mol. The predicted octanol–water partition coefficient (Wildman–Crippen LogP) is 2.20. The fraction of sp³-hybridized carbons (Fsp3) is 0.929. The Bertz CT molecular complexity index is 249. The van der Waals surface area contributed by atoms with Crippen LogP contribution in [0, 0.1) is 11.3 Å². The number of hydrogen-bond donors (Lipinski definition) is 2. The lowest BCUT2D eigenvalue weighted by Crippen LogP contribution is -2.50. The highest BCUT2D eigenvalue weighted by atomic mass is 16.2. The second-order valence-corrected chi connectivity index (χ2v) is 5.89. The van der Waals surface area contributed by atoms with Gasteiger partial charge in [0.25, 0.3) is 0 Å². The van der Waals surface area contributed by atoms with Crippen LogP contribution < -0.4 is 11.1 Å². The van der Waals surface area contributed by atoms with Crippen molar-refractivity contribution in [2.45, 2.75) is 57.8 Å². The lowest BCUT2D eigenvalue weighted by atomic mass is 9.68. The van der Waals surface area contributed by atoms with Crippen molar-refractivity contribution in [2.75, 3.05) is 13.1 Å². The SMILES string of the molecule is NCC1(C(=O)NCCCC2CCCC2)CCC1. The summed E-state index contributed by atoms with van der Waals surface area (Å²) in [5.74, 6) is 1.14. The molecule has 0 spiro atoms. The predicted molar refractivity (Wildman–Crippen MR) is 69.5 cm³/mol. The van der Waals surface area contributed by atoms with Gasteiger partial charge in [-0.3, -0.25) is 4.79 Å². The van der Waals surface area contributed by atoms with Gasteiger partial charge in [-0.2, -0.15) is 0 Å². The molecule has 0 heterocycles. The molecule has 2 aliphatic rings. The molecule has 17 heavy (non-hydrogen) atoms. The van der Waals surface area contributed by atoms with E-state index in [9.17, 15) is 4.79 Å². The van der Waals surface area contributed by atoms with E-state index in [4.69, 9.17) is 5.73 Å². The van der Waals surface area contributed by atoms with Crippen molar-refractivity contribution in [2.24, 2.45) is 17.1 Å². The summed E-state index contributed by atoms with van der Waals surface area (Å²) in [6, 6.07) is 0. The Kier molecular flexibility index (Phi) is 4.43. The zero-order chi connectivity index (χ0) is 12.1. The van der Waals surface area contributed by atoms with Crippen molar-refractivity contribution in [1.82, 2.24) is 5.32 Å². The van der Waals surface area contributed by atoms with E-state index >= 15 is 0 Å². The minimum atomic E-state index is -0.201. The van der Waals surface area contributed by atoms with Crippen LogP contribution in [0.1, 0.15) is 57.8 Å². The van der Waals surface area contributed by atoms with Gasteiger partial charge in [-0.05, 0) is 31.6 Å². The molecule has 0 atom stereocenters. The molecule has 3 N–H and O–H groups in total. The third kappa shape index (κ3) is 3.01. The first kappa shape index (κ1) is 12.9.